The van der Waals surface area contributed by atoms with Crippen LogP contribution in [-0.2, 0) is 23.8 Å². The lowest BCUT2D eigenvalue weighted by Crippen LogP contribution is -2.46. The molecular formula is C22H29N3O6. The molecule has 168 valence electrons. The van der Waals surface area contributed by atoms with E-state index in [1.165, 1.54) is 12.0 Å². The molecule has 9 nitrogen and oxygen atoms in total. The van der Waals surface area contributed by atoms with Crippen molar-refractivity contribution in [2.45, 2.75) is 44.9 Å². The fourth-order valence-corrected chi connectivity index (χ4v) is 3.67. The minimum atomic E-state index is -0.759. The maximum Gasteiger partial charge on any atom is 0.408 e. The molecule has 1 aromatic rings. The molecule has 0 spiro atoms. The number of amides is 2. The number of aliphatic imine (C=N–C) groups is 1. The van der Waals surface area contributed by atoms with Crippen LogP contribution in [0.15, 0.2) is 35.3 Å². The molecular weight excluding hydrogens is 402 g/mol. The van der Waals surface area contributed by atoms with E-state index in [0.29, 0.717) is 18.9 Å². The minimum absolute atomic E-state index is 0.175. The Morgan fingerprint density at radius 3 is 2.58 bits per heavy atom. The Bertz CT molecular complexity index is 849. The van der Waals surface area contributed by atoms with Gasteiger partial charge in [0.2, 0.25) is 5.91 Å². The van der Waals surface area contributed by atoms with E-state index >= 15 is 0 Å². The van der Waals surface area contributed by atoms with E-state index in [1.807, 2.05) is 30.3 Å². The Balaban J connectivity index is 1.62. The molecule has 1 fully saturated rings. The summed E-state index contributed by atoms with van der Waals surface area (Å²) >= 11 is 0. The Morgan fingerprint density at radius 2 is 1.94 bits per heavy atom. The van der Waals surface area contributed by atoms with Crippen molar-refractivity contribution in [2.75, 3.05) is 26.7 Å². The van der Waals surface area contributed by atoms with E-state index in [-0.39, 0.29) is 25.1 Å². The Kier molecular flexibility index (Phi) is 6.82. The lowest BCUT2D eigenvalue weighted by atomic mass is 10.1. The monoisotopic (exact) mass is 431 g/mol. The Labute approximate surface area is 181 Å². The number of nitrogens with zero attached hydrogens (tertiary/aromatic N) is 2. The van der Waals surface area contributed by atoms with Crippen molar-refractivity contribution in [3.63, 3.8) is 0 Å². The number of alkyl carbamates (subject to hydrolysis) is 1. The first kappa shape index (κ1) is 22.6. The summed E-state index contributed by atoms with van der Waals surface area (Å²) in [4.78, 5) is 42.8. The second-order valence-corrected chi connectivity index (χ2v) is 8.57. The fraction of sp³-hybridized carbons (Fsp3) is 0.545. The number of rotatable bonds is 5. The van der Waals surface area contributed by atoms with Crippen molar-refractivity contribution in [3.05, 3.63) is 35.9 Å². The highest BCUT2D eigenvalue weighted by molar-refractivity contribution is 5.90. The van der Waals surface area contributed by atoms with Crippen LogP contribution >= 0.6 is 0 Å². The number of hydrogen-bond donors (Lipinski definition) is 1. The normalized spacial score (nSPS) is 23.0. The van der Waals surface area contributed by atoms with Gasteiger partial charge in [0.1, 0.15) is 24.3 Å². The molecule has 1 aromatic carbocycles. The van der Waals surface area contributed by atoms with Gasteiger partial charge in [0, 0.05) is 6.54 Å². The second-order valence-electron chi connectivity index (χ2n) is 8.57. The first-order valence-corrected chi connectivity index (χ1v) is 10.3. The van der Waals surface area contributed by atoms with Gasteiger partial charge in [-0.2, -0.15) is 0 Å². The zero-order valence-electron chi connectivity index (χ0n) is 18.3. The summed E-state index contributed by atoms with van der Waals surface area (Å²) in [6, 6.07) is 9.02. The highest BCUT2D eigenvalue weighted by atomic mass is 16.6. The van der Waals surface area contributed by atoms with Gasteiger partial charge in [-0.15, -0.1) is 0 Å². The fourth-order valence-electron chi connectivity index (χ4n) is 3.67. The SMILES string of the molecule is COC(=O)[C@@H]1C[C@@H](C2=NCC(c3ccccc3)O2)CN1C(=O)CNC(=O)OC(C)(C)C. The third kappa shape index (κ3) is 5.74. The van der Waals surface area contributed by atoms with Gasteiger partial charge in [-0.3, -0.25) is 9.79 Å². The Hall–Kier alpha value is -3.10. The quantitative estimate of drug-likeness (QED) is 0.716. The average molecular weight is 431 g/mol. The smallest absolute Gasteiger partial charge is 0.408 e. The third-order valence-corrected chi connectivity index (χ3v) is 5.07. The molecule has 0 aliphatic carbocycles. The molecule has 2 aliphatic rings. The van der Waals surface area contributed by atoms with Crippen LogP contribution in [0.25, 0.3) is 0 Å². The molecule has 0 aromatic heterocycles. The van der Waals surface area contributed by atoms with E-state index in [0.717, 1.165) is 5.56 Å². The number of carbonyl (C=O) groups is 3. The molecule has 1 saturated heterocycles. The standard InChI is InChI=1S/C22H29N3O6/c1-22(2,3)31-21(28)24-12-18(26)25-13-15(10-16(25)20(27)29-4)19-23-11-17(30-19)14-8-6-5-7-9-14/h5-9,15-17H,10-13H2,1-4H3,(H,24,28)/t15-,16+,17?/m1/s1. The third-order valence-electron chi connectivity index (χ3n) is 5.07. The molecule has 0 radical (unpaired) electrons. The summed E-state index contributed by atoms with van der Waals surface area (Å²) in [6.45, 7) is 5.67. The van der Waals surface area contributed by atoms with Gasteiger partial charge in [0.15, 0.2) is 5.90 Å². The van der Waals surface area contributed by atoms with Gasteiger partial charge >= 0.3 is 12.1 Å². The minimum Gasteiger partial charge on any atom is -0.471 e. The average Bonchev–Trinajstić information content (AvgIpc) is 3.38. The zero-order chi connectivity index (χ0) is 22.6. The summed E-state index contributed by atoms with van der Waals surface area (Å²) in [5.74, 6) is -0.588. The topological polar surface area (TPSA) is 107 Å². The Morgan fingerprint density at radius 1 is 1.23 bits per heavy atom. The molecule has 31 heavy (non-hydrogen) atoms. The maximum atomic E-state index is 12.8. The van der Waals surface area contributed by atoms with Crippen molar-refractivity contribution in [3.8, 4) is 0 Å². The molecule has 2 aliphatic heterocycles. The van der Waals surface area contributed by atoms with Gasteiger partial charge in [0.05, 0.1) is 19.6 Å². The summed E-state index contributed by atoms with van der Waals surface area (Å²) in [6.07, 6.45) is -0.516. The van der Waals surface area contributed by atoms with Crippen molar-refractivity contribution >= 4 is 23.9 Å². The molecule has 2 amide bonds. The summed E-state index contributed by atoms with van der Waals surface area (Å²) in [7, 11) is 1.28. The van der Waals surface area contributed by atoms with Gasteiger partial charge in [-0.05, 0) is 32.8 Å². The summed E-state index contributed by atoms with van der Waals surface area (Å²) in [5.41, 5.74) is 0.353. The van der Waals surface area contributed by atoms with E-state index in [9.17, 15) is 14.4 Å². The molecule has 0 saturated carbocycles. The van der Waals surface area contributed by atoms with Crippen LogP contribution in [0.3, 0.4) is 0 Å². The first-order chi connectivity index (χ1) is 14.7. The lowest BCUT2D eigenvalue weighted by Gasteiger charge is -2.24. The number of methoxy groups -OCH3 is 1. The van der Waals surface area contributed by atoms with Crippen molar-refractivity contribution in [2.24, 2.45) is 10.9 Å². The van der Waals surface area contributed by atoms with E-state index in [1.54, 1.807) is 20.8 Å². The molecule has 9 heteroatoms. The number of nitrogens with one attached hydrogen (secondary N) is 1. The largest absolute Gasteiger partial charge is 0.471 e. The number of benzene rings is 1. The van der Waals surface area contributed by atoms with E-state index < -0.39 is 29.6 Å². The van der Waals surface area contributed by atoms with Gasteiger partial charge in [0.25, 0.3) is 0 Å². The number of carbonyl (C=O) groups excluding carboxylic acids is 3. The van der Waals surface area contributed by atoms with E-state index in [2.05, 4.69) is 10.3 Å². The number of esters is 1. The maximum absolute atomic E-state index is 12.8. The second kappa shape index (κ2) is 9.36. The molecule has 3 atom stereocenters. The predicted molar refractivity (Wildman–Crippen MR) is 112 cm³/mol. The van der Waals surface area contributed by atoms with Gasteiger partial charge in [-0.1, -0.05) is 30.3 Å². The highest BCUT2D eigenvalue weighted by Crippen LogP contribution is 2.32. The lowest BCUT2D eigenvalue weighted by molar-refractivity contribution is -0.150. The molecule has 0 bridgehead atoms. The molecule has 1 N–H and O–H groups in total. The first-order valence-electron chi connectivity index (χ1n) is 10.3. The number of likely N-dealkylation sites (tertiary alicyclic amines) is 1. The summed E-state index contributed by atoms with van der Waals surface area (Å²) in [5, 5.41) is 2.44. The van der Waals surface area contributed by atoms with Gasteiger partial charge < -0.3 is 24.4 Å². The van der Waals surface area contributed by atoms with Crippen LogP contribution in [-0.4, -0.2) is 67.2 Å². The number of hydrogen-bond acceptors (Lipinski definition) is 7. The van der Waals surface area contributed by atoms with Crippen molar-refractivity contribution in [1.82, 2.24) is 10.2 Å². The van der Waals surface area contributed by atoms with Crippen LogP contribution in [0, 0.1) is 5.92 Å². The van der Waals surface area contributed by atoms with Gasteiger partial charge in [-0.25, -0.2) is 9.59 Å². The highest BCUT2D eigenvalue weighted by Gasteiger charge is 2.44. The number of ether oxygens (including phenoxy) is 3. The predicted octanol–water partition coefficient (Wildman–Crippen LogP) is 2.07. The molecule has 3 rings (SSSR count). The van der Waals surface area contributed by atoms with Crippen LogP contribution in [0.4, 0.5) is 4.79 Å². The molecule has 1 unspecified atom stereocenters. The van der Waals surface area contributed by atoms with Crippen LogP contribution in [0.2, 0.25) is 0 Å². The molecule has 2 heterocycles. The van der Waals surface area contributed by atoms with Crippen LogP contribution < -0.4 is 5.32 Å². The van der Waals surface area contributed by atoms with Crippen molar-refractivity contribution in [1.29, 1.82) is 0 Å². The summed E-state index contributed by atoms with van der Waals surface area (Å²) < 4.78 is 16.1. The zero-order valence-corrected chi connectivity index (χ0v) is 18.3. The van der Waals surface area contributed by atoms with Crippen LogP contribution in [0.5, 0.6) is 0 Å². The van der Waals surface area contributed by atoms with E-state index in [4.69, 9.17) is 14.2 Å². The van der Waals surface area contributed by atoms with Crippen LogP contribution in [0.1, 0.15) is 38.9 Å². The van der Waals surface area contributed by atoms with Crippen molar-refractivity contribution < 1.29 is 28.6 Å².